The lowest BCUT2D eigenvalue weighted by atomic mass is 10.1. The van der Waals surface area contributed by atoms with Crippen molar-refractivity contribution in [1.29, 1.82) is 0 Å². The molecular weight excluding hydrogens is 230 g/mol. The summed E-state index contributed by atoms with van der Waals surface area (Å²) in [7, 11) is 1.63. The third-order valence-electron chi connectivity index (χ3n) is 2.91. The van der Waals surface area contributed by atoms with Crippen molar-refractivity contribution in [2.75, 3.05) is 13.7 Å². The molecule has 0 aliphatic rings. The molecule has 0 aliphatic carbocycles. The van der Waals surface area contributed by atoms with Gasteiger partial charge in [0.15, 0.2) is 0 Å². The van der Waals surface area contributed by atoms with Gasteiger partial charge in [0.1, 0.15) is 0 Å². The molecule has 18 heavy (non-hydrogen) atoms. The molecule has 96 valence electrons. The third-order valence-corrected chi connectivity index (χ3v) is 2.91. The number of hydrogen-bond acceptors (Lipinski definition) is 3. The highest BCUT2D eigenvalue weighted by Gasteiger charge is 2.18. The van der Waals surface area contributed by atoms with Crippen molar-refractivity contribution in [3.8, 4) is 0 Å². The molecule has 1 aromatic heterocycles. The van der Waals surface area contributed by atoms with E-state index in [1.165, 1.54) is 0 Å². The normalized spacial score (nSPS) is 11.7. The number of amides is 1. The minimum atomic E-state index is -0.367. The molecule has 0 aliphatic heterocycles. The molecule has 0 saturated carbocycles. The number of ether oxygens (including phenoxy) is 1. The first-order chi connectivity index (χ1) is 8.52. The number of benzene rings is 1. The molecule has 2 N–H and O–H groups in total. The van der Waals surface area contributed by atoms with Gasteiger partial charge in [0.25, 0.3) is 5.91 Å². The lowest BCUT2D eigenvalue weighted by Crippen LogP contribution is -2.39. The van der Waals surface area contributed by atoms with E-state index in [-0.39, 0.29) is 11.5 Å². The fourth-order valence-corrected chi connectivity index (χ4v) is 1.54. The van der Waals surface area contributed by atoms with E-state index in [1.54, 1.807) is 25.6 Å². The Morgan fingerprint density at radius 1 is 1.50 bits per heavy atom. The van der Waals surface area contributed by atoms with Crippen LogP contribution >= 0.6 is 0 Å². The molecule has 2 rings (SSSR count). The molecule has 1 heterocycles. The lowest BCUT2D eigenvalue weighted by Gasteiger charge is -2.23. The smallest absolute Gasteiger partial charge is 0.251 e. The molecular formula is C13H17N3O2. The summed E-state index contributed by atoms with van der Waals surface area (Å²) >= 11 is 0. The van der Waals surface area contributed by atoms with Gasteiger partial charge < -0.3 is 15.0 Å². The van der Waals surface area contributed by atoms with Crippen molar-refractivity contribution in [2.45, 2.75) is 19.4 Å². The largest absolute Gasteiger partial charge is 0.377 e. The van der Waals surface area contributed by atoms with Gasteiger partial charge in [-0.05, 0) is 32.0 Å². The summed E-state index contributed by atoms with van der Waals surface area (Å²) in [5, 5.41) is 2.85. The monoisotopic (exact) mass is 247 g/mol. The maximum Gasteiger partial charge on any atom is 0.251 e. The van der Waals surface area contributed by atoms with Crippen LogP contribution in [0.15, 0.2) is 24.5 Å². The number of rotatable bonds is 4. The maximum atomic E-state index is 12.0. The van der Waals surface area contributed by atoms with Crippen LogP contribution in [0, 0.1) is 0 Å². The molecule has 5 heteroatoms. The fraction of sp³-hybridized carbons (Fsp3) is 0.385. The van der Waals surface area contributed by atoms with Crippen LogP contribution in [-0.4, -0.2) is 35.1 Å². The Balaban J connectivity index is 2.08. The average molecular weight is 247 g/mol. The Morgan fingerprint density at radius 3 is 3.00 bits per heavy atom. The Bertz CT molecular complexity index is 560. The first-order valence-corrected chi connectivity index (χ1v) is 5.78. The molecule has 2 aromatic rings. The number of aromatic nitrogens is 2. The number of carbonyl (C=O) groups is 1. The van der Waals surface area contributed by atoms with Crippen molar-refractivity contribution in [1.82, 2.24) is 15.3 Å². The number of methoxy groups -OCH3 is 1. The zero-order valence-corrected chi connectivity index (χ0v) is 10.8. The highest BCUT2D eigenvalue weighted by Crippen LogP contribution is 2.12. The summed E-state index contributed by atoms with van der Waals surface area (Å²) in [6.07, 6.45) is 1.61. The molecule has 0 spiro atoms. The van der Waals surface area contributed by atoms with E-state index in [9.17, 15) is 4.79 Å². The van der Waals surface area contributed by atoms with E-state index in [4.69, 9.17) is 4.74 Å². The number of H-pyrrole nitrogens is 1. The second-order valence-corrected chi connectivity index (χ2v) is 4.78. The predicted octanol–water partition coefficient (Wildman–Crippen LogP) is 1.72. The molecule has 0 atom stereocenters. The Morgan fingerprint density at radius 2 is 2.28 bits per heavy atom. The van der Waals surface area contributed by atoms with Gasteiger partial charge in [-0.2, -0.15) is 0 Å². The van der Waals surface area contributed by atoms with Crippen molar-refractivity contribution >= 4 is 16.9 Å². The van der Waals surface area contributed by atoms with Crippen LogP contribution in [0.25, 0.3) is 11.0 Å². The average Bonchev–Trinajstić information content (AvgIpc) is 2.83. The summed E-state index contributed by atoms with van der Waals surface area (Å²) in [4.78, 5) is 19.1. The topological polar surface area (TPSA) is 67.0 Å². The molecule has 0 radical (unpaired) electrons. The predicted molar refractivity (Wildman–Crippen MR) is 69.5 cm³/mol. The highest BCUT2D eigenvalue weighted by molar-refractivity contribution is 5.97. The number of hydrogen-bond donors (Lipinski definition) is 2. The van der Waals surface area contributed by atoms with E-state index in [0.717, 1.165) is 11.0 Å². The summed E-state index contributed by atoms with van der Waals surface area (Å²) in [5.41, 5.74) is 1.95. The van der Waals surface area contributed by atoms with Gasteiger partial charge in [-0.15, -0.1) is 0 Å². The number of carbonyl (C=O) groups excluding carboxylic acids is 1. The van der Waals surface area contributed by atoms with E-state index in [1.807, 2.05) is 19.9 Å². The van der Waals surface area contributed by atoms with Gasteiger partial charge in [-0.3, -0.25) is 4.79 Å². The summed E-state index contributed by atoms with van der Waals surface area (Å²) in [6.45, 7) is 4.31. The van der Waals surface area contributed by atoms with E-state index < -0.39 is 0 Å². The number of imidazole rings is 1. The fourth-order valence-electron chi connectivity index (χ4n) is 1.54. The van der Waals surface area contributed by atoms with Gasteiger partial charge in [-0.25, -0.2) is 4.98 Å². The van der Waals surface area contributed by atoms with Gasteiger partial charge in [-0.1, -0.05) is 0 Å². The van der Waals surface area contributed by atoms with E-state index in [0.29, 0.717) is 12.1 Å². The van der Waals surface area contributed by atoms with Crippen LogP contribution in [0.3, 0.4) is 0 Å². The molecule has 1 aromatic carbocycles. The van der Waals surface area contributed by atoms with E-state index >= 15 is 0 Å². The zero-order chi connectivity index (χ0) is 13.2. The number of aromatic amines is 1. The van der Waals surface area contributed by atoms with Crippen LogP contribution < -0.4 is 5.32 Å². The van der Waals surface area contributed by atoms with Crippen molar-refractivity contribution in [3.05, 3.63) is 30.1 Å². The summed E-state index contributed by atoms with van der Waals surface area (Å²) in [6, 6.07) is 5.37. The summed E-state index contributed by atoms with van der Waals surface area (Å²) in [5.74, 6) is -0.114. The Hall–Kier alpha value is -1.88. The Labute approximate surface area is 106 Å². The molecule has 5 nitrogen and oxygen atoms in total. The van der Waals surface area contributed by atoms with Crippen LogP contribution in [0.1, 0.15) is 24.2 Å². The van der Waals surface area contributed by atoms with E-state index in [2.05, 4.69) is 15.3 Å². The lowest BCUT2D eigenvalue weighted by molar-refractivity contribution is 0.0229. The minimum Gasteiger partial charge on any atom is -0.377 e. The maximum absolute atomic E-state index is 12.0. The third kappa shape index (κ3) is 2.68. The van der Waals surface area contributed by atoms with Crippen LogP contribution in [0.5, 0.6) is 0 Å². The second kappa shape index (κ2) is 4.78. The highest BCUT2D eigenvalue weighted by atomic mass is 16.5. The van der Waals surface area contributed by atoms with Gasteiger partial charge >= 0.3 is 0 Å². The first-order valence-electron chi connectivity index (χ1n) is 5.78. The number of fused-ring (bicyclic) bond motifs is 1. The van der Waals surface area contributed by atoms with Crippen molar-refractivity contribution in [3.63, 3.8) is 0 Å². The van der Waals surface area contributed by atoms with Gasteiger partial charge in [0.05, 0.1) is 23.0 Å². The van der Waals surface area contributed by atoms with Gasteiger partial charge in [0.2, 0.25) is 0 Å². The standard InChI is InChI=1S/C13H17N3O2/c1-13(2,18-3)7-14-12(17)9-4-5-10-11(6-9)16-8-15-10/h4-6,8H,7H2,1-3H3,(H,14,17)(H,15,16). The quantitative estimate of drug-likeness (QED) is 0.864. The van der Waals surface area contributed by atoms with Crippen molar-refractivity contribution < 1.29 is 9.53 Å². The van der Waals surface area contributed by atoms with Gasteiger partial charge in [0, 0.05) is 19.2 Å². The zero-order valence-electron chi connectivity index (χ0n) is 10.8. The van der Waals surface area contributed by atoms with Crippen LogP contribution in [0.4, 0.5) is 0 Å². The molecule has 1 amide bonds. The first kappa shape index (κ1) is 12.6. The second-order valence-electron chi connectivity index (χ2n) is 4.78. The van der Waals surface area contributed by atoms with Crippen molar-refractivity contribution in [2.24, 2.45) is 0 Å². The SMILES string of the molecule is COC(C)(C)CNC(=O)c1ccc2nc[nH]c2c1. The van der Waals surface area contributed by atoms with Crippen LogP contribution in [0.2, 0.25) is 0 Å². The molecule has 0 bridgehead atoms. The number of nitrogens with one attached hydrogen (secondary N) is 2. The number of nitrogens with zero attached hydrogens (tertiary/aromatic N) is 1. The Kier molecular flexibility index (Phi) is 3.34. The molecule has 0 unspecified atom stereocenters. The molecule has 0 fully saturated rings. The molecule has 0 saturated heterocycles. The summed E-state index contributed by atoms with van der Waals surface area (Å²) < 4.78 is 5.25. The minimum absolute atomic E-state index is 0.114. The van der Waals surface area contributed by atoms with Crippen LogP contribution in [-0.2, 0) is 4.74 Å².